The van der Waals surface area contributed by atoms with Crippen LogP contribution in [0.15, 0.2) is 54.6 Å². The van der Waals surface area contributed by atoms with Crippen molar-refractivity contribution in [3.05, 3.63) is 60.2 Å². The van der Waals surface area contributed by atoms with Gasteiger partial charge in [-0.1, -0.05) is 38.0 Å². The van der Waals surface area contributed by atoms with Gasteiger partial charge in [0, 0.05) is 23.5 Å². The number of hydrogen-bond donors (Lipinski definition) is 0. The molecule has 0 atom stereocenters. The van der Waals surface area contributed by atoms with Crippen LogP contribution < -0.4 is 4.90 Å². The number of nitrogens with zero attached hydrogens (tertiary/aromatic N) is 1. The average molecular weight is 267 g/mol. The SMILES string of the molecule is CCCCCN(c1ccccc1)c1ccc(C=O)cc1. The molecule has 2 heteroatoms. The van der Waals surface area contributed by atoms with Gasteiger partial charge >= 0.3 is 0 Å². The molecular weight excluding hydrogens is 246 g/mol. The van der Waals surface area contributed by atoms with Crippen LogP contribution in [0, 0.1) is 0 Å². The fraction of sp³-hybridized carbons (Fsp3) is 0.278. The number of hydrogen-bond acceptors (Lipinski definition) is 2. The molecule has 0 bridgehead atoms. The molecule has 0 aliphatic heterocycles. The molecule has 0 unspecified atom stereocenters. The Morgan fingerprint density at radius 1 is 0.900 bits per heavy atom. The second-order valence-corrected chi connectivity index (χ2v) is 4.90. The van der Waals surface area contributed by atoms with Crippen molar-refractivity contribution in [3.63, 3.8) is 0 Å². The first-order valence-corrected chi connectivity index (χ1v) is 7.23. The van der Waals surface area contributed by atoms with Gasteiger partial charge in [-0.25, -0.2) is 0 Å². The summed E-state index contributed by atoms with van der Waals surface area (Å²) < 4.78 is 0. The smallest absolute Gasteiger partial charge is 0.150 e. The van der Waals surface area contributed by atoms with Crippen molar-refractivity contribution < 1.29 is 4.79 Å². The second kappa shape index (κ2) is 7.49. The van der Waals surface area contributed by atoms with E-state index in [2.05, 4.69) is 36.1 Å². The lowest BCUT2D eigenvalue weighted by molar-refractivity contribution is 0.112. The quantitative estimate of drug-likeness (QED) is 0.529. The van der Waals surface area contributed by atoms with Gasteiger partial charge in [0.25, 0.3) is 0 Å². The van der Waals surface area contributed by atoms with E-state index in [1.165, 1.54) is 24.9 Å². The van der Waals surface area contributed by atoms with Gasteiger partial charge in [0.1, 0.15) is 6.29 Å². The molecule has 0 aliphatic carbocycles. The second-order valence-electron chi connectivity index (χ2n) is 4.90. The average Bonchev–Trinajstić information content (AvgIpc) is 2.53. The van der Waals surface area contributed by atoms with E-state index in [0.717, 1.165) is 24.1 Å². The zero-order chi connectivity index (χ0) is 14.2. The number of aldehydes is 1. The molecule has 0 aliphatic rings. The Morgan fingerprint density at radius 3 is 2.15 bits per heavy atom. The van der Waals surface area contributed by atoms with Crippen molar-refractivity contribution in [1.29, 1.82) is 0 Å². The lowest BCUT2D eigenvalue weighted by Gasteiger charge is -2.25. The maximum Gasteiger partial charge on any atom is 0.150 e. The Hall–Kier alpha value is -2.09. The van der Waals surface area contributed by atoms with Crippen molar-refractivity contribution >= 4 is 17.7 Å². The minimum Gasteiger partial charge on any atom is -0.341 e. The first-order chi connectivity index (χ1) is 9.85. The first-order valence-electron chi connectivity index (χ1n) is 7.23. The molecule has 104 valence electrons. The molecule has 0 radical (unpaired) electrons. The van der Waals surface area contributed by atoms with E-state index in [-0.39, 0.29) is 0 Å². The van der Waals surface area contributed by atoms with Crippen LogP contribution in [0.3, 0.4) is 0 Å². The maximum atomic E-state index is 10.8. The minimum absolute atomic E-state index is 0.718. The molecule has 2 aromatic carbocycles. The highest BCUT2D eigenvalue weighted by Crippen LogP contribution is 2.25. The molecule has 0 aromatic heterocycles. The van der Waals surface area contributed by atoms with E-state index in [4.69, 9.17) is 0 Å². The highest BCUT2D eigenvalue weighted by molar-refractivity contribution is 5.76. The Kier molecular flexibility index (Phi) is 5.36. The van der Waals surface area contributed by atoms with Crippen molar-refractivity contribution in [3.8, 4) is 0 Å². The van der Waals surface area contributed by atoms with Gasteiger partial charge in [-0.3, -0.25) is 4.79 Å². The summed E-state index contributed by atoms with van der Waals surface area (Å²) in [6, 6.07) is 18.2. The number of benzene rings is 2. The van der Waals surface area contributed by atoms with E-state index in [1.54, 1.807) is 0 Å². The van der Waals surface area contributed by atoms with E-state index in [9.17, 15) is 4.79 Å². The Morgan fingerprint density at radius 2 is 1.55 bits per heavy atom. The van der Waals surface area contributed by atoms with Crippen LogP contribution in [0.5, 0.6) is 0 Å². The molecule has 0 saturated heterocycles. The lowest BCUT2D eigenvalue weighted by atomic mass is 10.1. The van der Waals surface area contributed by atoms with Gasteiger partial charge in [0.15, 0.2) is 0 Å². The van der Waals surface area contributed by atoms with Gasteiger partial charge < -0.3 is 4.90 Å². The van der Waals surface area contributed by atoms with E-state index in [1.807, 2.05) is 30.3 Å². The van der Waals surface area contributed by atoms with Crippen LogP contribution >= 0.6 is 0 Å². The zero-order valence-electron chi connectivity index (χ0n) is 12.0. The van der Waals surface area contributed by atoms with E-state index >= 15 is 0 Å². The topological polar surface area (TPSA) is 20.3 Å². The number of para-hydroxylation sites is 1. The molecule has 0 saturated carbocycles. The third-order valence-electron chi connectivity index (χ3n) is 3.39. The summed E-state index contributed by atoms with van der Waals surface area (Å²) in [7, 11) is 0. The number of unbranched alkanes of at least 4 members (excludes halogenated alkanes) is 2. The van der Waals surface area contributed by atoms with Crippen molar-refractivity contribution in [1.82, 2.24) is 0 Å². The Balaban J connectivity index is 2.22. The van der Waals surface area contributed by atoms with Crippen molar-refractivity contribution in [2.24, 2.45) is 0 Å². The zero-order valence-corrected chi connectivity index (χ0v) is 12.0. The molecule has 0 amide bonds. The van der Waals surface area contributed by atoms with Crippen LogP contribution in [0.2, 0.25) is 0 Å². The van der Waals surface area contributed by atoms with Gasteiger partial charge in [-0.2, -0.15) is 0 Å². The number of rotatable bonds is 7. The fourth-order valence-corrected chi connectivity index (χ4v) is 2.27. The van der Waals surface area contributed by atoms with E-state index in [0.29, 0.717) is 0 Å². The van der Waals surface area contributed by atoms with Gasteiger partial charge in [0.2, 0.25) is 0 Å². The number of anilines is 2. The van der Waals surface area contributed by atoms with Crippen LogP contribution in [0.4, 0.5) is 11.4 Å². The Bertz CT molecular complexity index is 519. The van der Waals surface area contributed by atoms with Crippen LogP contribution in [0.25, 0.3) is 0 Å². The summed E-state index contributed by atoms with van der Waals surface area (Å²) in [5.41, 5.74) is 3.05. The minimum atomic E-state index is 0.718. The normalized spacial score (nSPS) is 10.2. The standard InChI is InChI=1S/C18H21NO/c1-2-3-7-14-19(17-8-5-4-6-9-17)18-12-10-16(15-20)11-13-18/h4-6,8-13,15H,2-3,7,14H2,1H3. The summed E-state index contributed by atoms with van der Waals surface area (Å²) in [5.74, 6) is 0. The number of carbonyl (C=O) groups is 1. The molecule has 0 heterocycles. The van der Waals surface area contributed by atoms with Gasteiger partial charge in [-0.15, -0.1) is 0 Å². The predicted octanol–water partition coefficient (Wildman–Crippen LogP) is 4.83. The fourth-order valence-electron chi connectivity index (χ4n) is 2.27. The predicted molar refractivity (Wildman–Crippen MR) is 84.8 cm³/mol. The highest BCUT2D eigenvalue weighted by Gasteiger charge is 2.08. The first kappa shape index (κ1) is 14.3. The molecule has 0 N–H and O–H groups in total. The van der Waals surface area contributed by atoms with Crippen LogP contribution in [-0.4, -0.2) is 12.8 Å². The third-order valence-corrected chi connectivity index (χ3v) is 3.39. The summed E-state index contributed by atoms with van der Waals surface area (Å²) >= 11 is 0. The van der Waals surface area contributed by atoms with Gasteiger partial charge in [0.05, 0.1) is 0 Å². The largest absolute Gasteiger partial charge is 0.341 e. The summed E-state index contributed by atoms with van der Waals surface area (Å²) in [6.07, 6.45) is 4.50. The third kappa shape index (κ3) is 3.70. The number of carbonyl (C=O) groups excluding carboxylic acids is 1. The van der Waals surface area contributed by atoms with Crippen molar-refractivity contribution in [2.75, 3.05) is 11.4 Å². The summed E-state index contributed by atoms with van der Waals surface area (Å²) in [4.78, 5) is 13.1. The Labute approximate surface area is 121 Å². The van der Waals surface area contributed by atoms with Gasteiger partial charge in [-0.05, 0) is 42.8 Å². The molecule has 2 rings (SSSR count). The molecule has 0 spiro atoms. The maximum absolute atomic E-state index is 10.8. The summed E-state index contributed by atoms with van der Waals surface area (Å²) in [6.45, 7) is 3.21. The van der Waals surface area contributed by atoms with Crippen LogP contribution in [-0.2, 0) is 0 Å². The lowest BCUT2D eigenvalue weighted by Crippen LogP contribution is -2.18. The van der Waals surface area contributed by atoms with Crippen molar-refractivity contribution in [2.45, 2.75) is 26.2 Å². The molecular formula is C18H21NO. The highest BCUT2D eigenvalue weighted by atomic mass is 16.1. The van der Waals surface area contributed by atoms with Crippen LogP contribution in [0.1, 0.15) is 36.5 Å². The monoisotopic (exact) mass is 267 g/mol. The summed E-state index contributed by atoms with van der Waals surface area (Å²) in [5, 5.41) is 0. The molecule has 20 heavy (non-hydrogen) atoms. The van der Waals surface area contributed by atoms with E-state index < -0.39 is 0 Å². The molecule has 2 nitrogen and oxygen atoms in total. The molecule has 2 aromatic rings. The molecule has 0 fully saturated rings.